The van der Waals surface area contributed by atoms with E-state index in [-0.39, 0.29) is 0 Å². The van der Waals surface area contributed by atoms with Crippen LogP contribution in [0.4, 0.5) is 0 Å². The lowest BCUT2D eigenvalue weighted by Crippen LogP contribution is -1.89. The predicted molar refractivity (Wildman–Crippen MR) is 69.6 cm³/mol. The van der Waals surface area contributed by atoms with Crippen molar-refractivity contribution >= 4 is 33.9 Å². The highest BCUT2D eigenvalue weighted by molar-refractivity contribution is 14.1. The van der Waals surface area contributed by atoms with Crippen molar-refractivity contribution in [2.45, 2.75) is 13.3 Å². The van der Waals surface area contributed by atoms with Gasteiger partial charge in [-0.25, -0.2) is 4.98 Å². The third kappa shape index (κ3) is 1.83. The highest BCUT2D eigenvalue weighted by Gasteiger charge is 2.07. The molecule has 0 aliphatic rings. The van der Waals surface area contributed by atoms with Crippen molar-refractivity contribution in [1.29, 1.82) is 0 Å². The van der Waals surface area contributed by atoms with Gasteiger partial charge in [0.2, 0.25) is 0 Å². The standard InChI is InChI=1S/C11H10INS/c1-2-8-4-3-5-9(10(8)12)11-13-6-7-14-11/h3-7H,2H2,1H3. The molecule has 0 saturated carbocycles. The van der Waals surface area contributed by atoms with Gasteiger partial charge in [0.15, 0.2) is 0 Å². The van der Waals surface area contributed by atoms with Crippen LogP contribution in [-0.4, -0.2) is 4.98 Å². The van der Waals surface area contributed by atoms with Crippen molar-refractivity contribution < 1.29 is 0 Å². The van der Waals surface area contributed by atoms with Crippen molar-refractivity contribution in [2.75, 3.05) is 0 Å². The van der Waals surface area contributed by atoms with Crippen molar-refractivity contribution in [2.24, 2.45) is 0 Å². The summed E-state index contributed by atoms with van der Waals surface area (Å²) in [6.45, 7) is 2.18. The van der Waals surface area contributed by atoms with Gasteiger partial charge in [-0.2, -0.15) is 0 Å². The molecule has 3 heteroatoms. The van der Waals surface area contributed by atoms with Gasteiger partial charge in [-0.05, 0) is 34.6 Å². The lowest BCUT2D eigenvalue weighted by Gasteiger charge is -2.05. The second-order valence-corrected chi connectivity index (χ2v) is 4.94. The van der Waals surface area contributed by atoms with Crippen LogP contribution >= 0.6 is 33.9 Å². The highest BCUT2D eigenvalue weighted by atomic mass is 127. The van der Waals surface area contributed by atoms with E-state index in [2.05, 4.69) is 52.7 Å². The number of rotatable bonds is 2. The Kier molecular flexibility index (Phi) is 3.18. The van der Waals surface area contributed by atoms with Gasteiger partial charge < -0.3 is 0 Å². The average molecular weight is 315 g/mol. The summed E-state index contributed by atoms with van der Waals surface area (Å²) in [7, 11) is 0. The minimum Gasteiger partial charge on any atom is -0.245 e. The van der Waals surface area contributed by atoms with E-state index < -0.39 is 0 Å². The van der Waals surface area contributed by atoms with Crippen molar-refractivity contribution in [3.05, 3.63) is 38.9 Å². The molecule has 0 radical (unpaired) electrons. The first-order valence-electron chi connectivity index (χ1n) is 4.50. The summed E-state index contributed by atoms with van der Waals surface area (Å²) < 4.78 is 1.34. The molecule has 72 valence electrons. The number of thiazole rings is 1. The van der Waals surface area contributed by atoms with Gasteiger partial charge in [0.25, 0.3) is 0 Å². The summed E-state index contributed by atoms with van der Waals surface area (Å²) >= 11 is 4.10. The van der Waals surface area contributed by atoms with Gasteiger partial charge in [-0.3, -0.25) is 0 Å². The molecule has 2 rings (SSSR count). The maximum absolute atomic E-state index is 4.34. The van der Waals surface area contributed by atoms with Crippen LogP contribution in [0, 0.1) is 3.57 Å². The first-order valence-corrected chi connectivity index (χ1v) is 6.46. The number of nitrogens with zero attached hydrogens (tertiary/aromatic N) is 1. The molecule has 0 N–H and O–H groups in total. The van der Waals surface area contributed by atoms with E-state index in [0.29, 0.717) is 0 Å². The zero-order valence-corrected chi connectivity index (χ0v) is 10.8. The molecule has 1 aromatic carbocycles. The van der Waals surface area contributed by atoms with Crippen LogP contribution in [-0.2, 0) is 6.42 Å². The van der Waals surface area contributed by atoms with Crippen LogP contribution in [0.25, 0.3) is 10.6 Å². The smallest absolute Gasteiger partial charge is 0.124 e. The Morgan fingerprint density at radius 3 is 2.93 bits per heavy atom. The molecular weight excluding hydrogens is 305 g/mol. The summed E-state index contributed by atoms with van der Waals surface area (Å²) in [6, 6.07) is 6.43. The quantitative estimate of drug-likeness (QED) is 0.764. The van der Waals surface area contributed by atoms with Gasteiger partial charge in [0.1, 0.15) is 5.01 Å². The van der Waals surface area contributed by atoms with E-state index in [4.69, 9.17) is 0 Å². The normalized spacial score (nSPS) is 10.4. The summed E-state index contributed by atoms with van der Waals surface area (Å²) in [4.78, 5) is 4.34. The van der Waals surface area contributed by atoms with Crippen LogP contribution < -0.4 is 0 Å². The predicted octanol–water partition coefficient (Wildman–Crippen LogP) is 3.98. The fraction of sp³-hybridized carbons (Fsp3) is 0.182. The van der Waals surface area contributed by atoms with E-state index in [1.807, 2.05) is 11.6 Å². The van der Waals surface area contributed by atoms with Crippen molar-refractivity contribution in [3.8, 4) is 10.6 Å². The molecule has 0 fully saturated rings. The Labute approximate surface area is 101 Å². The molecular formula is C11H10INS. The number of aromatic nitrogens is 1. The number of hydrogen-bond donors (Lipinski definition) is 0. The lowest BCUT2D eigenvalue weighted by atomic mass is 10.1. The number of benzene rings is 1. The molecule has 0 bridgehead atoms. The van der Waals surface area contributed by atoms with Crippen LogP contribution in [0.1, 0.15) is 12.5 Å². The largest absolute Gasteiger partial charge is 0.245 e. The molecule has 2 aromatic rings. The molecule has 1 nitrogen and oxygen atoms in total. The molecule has 1 aromatic heterocycles. The fourth-order valence-electron chi connectivity index (χ4n) is 1.37. The van der Waals surface area contributed by atoms with Gasteiger partial charge >= 0.3 is 0 Å². The zero-order valence-electron chi connectivity index (χ0n) is 7.83. The van der Waals surface area contributed by atoms with E-state index in [9.17, 15) is 0 Å². The minimum atomic E-state index is 1.08. The minimum absolute atomic E-state index is 1.08. The first kappa shape index (κ1) is 10.1. The molecule has 0 aliphatic carbocycles. The van der Waals surface area contributed by atoms with Crippen LogP contribution in [0.2, 0.25) is 0 Å². The SMILES string of the molecule is CCc1cccc(-c2nccs2)c1I. The molecule has 0 amide bonds. The Hall–Kier alpha value is -0.420. The van der Waals surface area contributed by atoms with Crippen LogP contribution in [0.3, 0.4) is 0 Å². The van der Waals surface area contributed by atoms with Gasteiger partial charge in [-0.15, -0.1) is 11.3 Å². The summed E-state index contributed by atoms with van der Waals surface area (Å²) in [6.07, 6.45) is 2.94. The monoisotopic (exact) mass is 315 g/mol. The van der Waals surface area contributed by atoms with Crippen molar-refractivity contribution in [1.82, 2.24) is 4.98 Å². The summed E-state index contributed by atoms with van der Waals surface area (Å²) in [5.41, 5.74) is 2.67. The second-order valence-electron chi connectivity index (χ2n) is 2.97. The molecule has 0 aliphatic heterocycles. The van der Waals surface area contributed by atoms with E-state index in [1.54, 1.807) is 11.3 Å². The molecule has 0 unspecified atom stereocenters. The molecule has 0 saturated heterocycles. The zero-order chi connectivity index (χ0) is 9.97. The Morgan fingerprint density at radius 2 is 2.29 bits per heavy atom. The molecule has 0 atom stereocenters. The fourth-order valence-corrected chi connectivity index (χ4v) is 3.22. The van der Waals surface area contributed by atoms with E-state index in [0.717, 1.165) is 11.4 Å². The third-order valence-corrected chi connectivity index (χ3v) is 4.20. The van der Waals surface area contributed by atoms with Gasteiger partial charge in [0.05, 0.1) is 0 Å². The highest BCUT2D eigenvalue weighted by Crippen LogP contribution is 2.29. The first-order chi connectivity index (χ1) is 6.83. The molecule has 14 heavy (non-hydrogen) atoms. The Morgan fingerprint density at radius 1 is 1.43 bits per heavy atom. The van der Waals surface area contributed by atoms with Gasteiger partial charge in [-0.1, -0.05) is 25.1 Å². The van der Waals surface area contributed by atoms with Crippen LogP contribution in [0.5, 0.6) is 0 Å². The average Bonchev–Trinajstić information content (AvgIpc) is 2.71. The number of aryl methyl sites for hydroxylation is 1. The van der Waals surface area contributed by atoms with E-state index in [1.165, 1.54) is 14.7 Å². The number of hydrogen-bond acceptors (Lipinski definition) is 2. The van der Waals surface area contributed by atoms with Crippen molar-refractivity contribution in [3.63, 3.8) is 0 Å². The third-order valence-electron chi connectivity index (χ3n) is 2.12. The molecule has 0 spiro atoms. The topological polar surface area (TPSA) is 12.9 Å². The van der Waals surface area contributed by atoms with Crippen LogP contribution in [0.15, 0.2) is 29.8 Å². The summed E-state index contributed by atoms with van der Waals surface area (Å²) in [5, 5.41) is 3.13. The second kappa shape index (κ2) is 4.40. The number of halogens is 1. The van der Waals surface area contributed by atoms with Gasteiger partial charge in [0, 0.05) is 20.7 Å². The maximum atomic E-state index is 4.34. The van der Waals surface area contributed by atoms with E-state index >= 15 is 0 Å². The molecule has 1 heterocycles. The summed E-state index contributed by atoms with van der Waals surface area (Å²) in [5.74, 6) is 0. The Balaban J connectivity index is 2.54. The maximum Gasteiger partial charge on any atom is 0.124 e. The lowest BCUT2D eigenvalue weighted by molar-refractivity contribution is 1.13. The Bertz CT molecular complexity index is 423.